The second kappa shape index (κ2) is 4.53. The van der Waals surface area contributed by atoms with Gasteiger partial charge in [-0.05, 0) is 26.0 Å². The molecule has 1 aliphatic carbocycles. The number of carbonyl (C=O) groups is 1. The number of hydrogen-bond acceptors (Lipinski definition) is 3. The Kier molecular flexibility index (Phi) is 3.84. The first-order valence-corrected chi connectivity index (χ1v) is 6.24. The summed E-state index contributed by atoms with van der Waals surface area (Å²) in [5.74, 6) is -1.04. The standard InChI is InChI=1S/C10H19NO2S/c1-7(9(12)13)8(2)11-6-10(14-3)4-5-10/h7-8,11H,4-6H2,1-3H3,(H,12,13). The summed E-state index contributed by atoms with van der Waals surface area (Å²) in [6.45, 7) is 4.63. The fourth-order valence-electron chi connectivity index (χ4n) is 1.33. The first-order chi connectivity index (χ1) is 6.51. The van der Waals surface area contributed by atoms with Crippen LogP contribution in [0.4, 0.5) is 0 Å². The van der Waals surface area contributed by atoms with Gasteiger partial charge in [-0.2, -0.15) is 11.8 Å². The summed E-state index contributed by atoms with van der Waals surface area (Å²) in [6, 6.07) is 0.0529. The van der Waals surface area contributed by atoms with Gasteiger partial charge in [0.2, 0.25) is 0 Å². The summed E-state index contributed by atoms with van der Waals surface area (Å²) in [6.07, 6.45) is 4.64. The van der Waals surface area contributed by atoms with Crippen molar-refractivity contribution in [1.29, 1.82) is 0 Å². The Morgan fingerprint density at radius 1 is 1.57 bits per heavy atom. The third-order valence-electron chi connectivity index (χ3n) is 3.13. The Balaban J connectivity index is 2.27. The van der Waals surface area contributed by atoms with E-state index >= 15 is 0 Å². The maximum Gasteiger partial charge on any atom is 0.307 e. The SMILES string of the molecule is CSC1(CNC(C)C(C)C(=O)O)CC1. The molecule has 82 valence electrons. The molecule has 1 saturated carbocycles. The molecule has 1 fully saturated rings. The predicted octanol–water partition coefficient (Wildman–Crippen LogP) is 1.58. The van der Waals surface area contributed by atoms with E-state index in [2.05, 4.69) is 11.6 Å². The van der Waals surface area contributed by atoms with E-state index in [1.807, 2.05) is 18.7 Å². The van der Waals surface area contributed by atoms with E-state index in [0.29, 0.717) is 4.75 Å². The van der Waals surface area contributed by atoms with Crippen molar-refractivity contribution in [3.05, 3.63) is 0 Å². The monoisotopic (exact) mass is 217 g/mol. The Morgan fingerprint density at radius 2 is 2.14 bits per heavy atom. The fourth-order valence-corrected chi connectivity index (χ4v) is 2.07. The normalized spacial score (nSPS) is 22.8. The van der Waals surface area contributed by atoms with E-state index in [0.717, 1.165) is 6.54 Å². The summed E-state index contributed by atoms with van der Waals surface area (Å²) in [5.41, 5.74) is 0. The number of hydrogen-bond donors (Lipinski definition) is 2. The minimum Gasteiger partial charge on any atom is -0.481 e. The molecule has 1 aliphatic rings. The molecule has 0 amide bonds. The molecule has 2 N–H and O–H groups in total. The van der Waals surface area contributed by atoms with Gasteiger partial charge in [0.05, 0.1) is 5.92 Å². The highest BCUT2D eigenvalue weighted by atomic mass is 32.2. The highest BCUT2D eigenvalue weighted by Crippen LogP contribution is 2.46. The molecule has 0 saturated heterocycles. The van der Waals surface area contributed by atoms with Crippen LogP contribution in [0.15, 0.2) is 0 Å². The molecule has 0 heterocycles. The van der Waals surface area contributed by atoms with Crippen LogP contribution in [0.5, 0.6) is 0 Å². The fraction of sp³-hybridized carbons (Fsp3) is 0.900. The molecule has 0 spiro atoms. The summed E-state index contributed by atoms with van der Waals surface area (Å²) >= 11 is 1.89. The average molecular weight is 217 g/mol. The number of nitrogens with one attached hydrogen (secondary N) is 1. The van der Waals surface area contributed by atoms with E-state index in [9.17, 15) is 4.79 Å². The van der Waals surface area contributed by atoms with Crippen molar-refractivity contribution in [2.45, 2.75) is 37.5 Å². The number of thioether (sulfide) groups is 1. The lowest BCUT2D eigenvalue weighted by Crippen LogP contribution is -2.40. The average Bonchev–Trinajstić information content (AvgIpc) is 2.93. The Hall–Kier alpha value is -0.220. The van der Waals surface area contributed by atoms with Crippen LogP contribution in [-0.4, -0.2) is 34.7 Å². The van der Waals surface area contributed by atoms with E-state index in [1.54, 1.807) is 6.92 Å². The molecule has 0 aromatic rings. The second-order valence-corrected chi connectivity index (χ2v) is 5.46. The topological polar surface area (TPSA) is 49.3 Å². The maximum atomic E-state index is 10.7. The molecule has 2 unspecified atom stereocenters. The maximum absolute atomic E-state index is 10.7. The van der Waals surface area contributed by atoms with Crippen molar-refractivity contribution in [2.75, 3.05) is 12.8 Å². The van der Waals surface area contributed by atoms with Gasteiger partial charge in [0.15, 0.2) is 0 Å². The lowest BCUT2D eigenvalue weighted by molar-refractivity contribution is -0.141. The van der Waals surface area contributed by atoms with Crippen LogP contribution in [0.1, 0.15) is 26.7 Å². The molecular weight excluding hydrogens is 198 g/mol. The molecule has 0 aromatic carbocycles. The zero-order chi connectivity index (χ0) is 10.8. The molecule has 14 heavy (non-hydrogen) atoms. The lowest BCUT2D eigenvalue weighted by Gasteiger charge is -2.21. The van der Waals surface area contributed by atoms with Gasteiger partial charge in [0.1, 0.15) is 0 Å². The second-order valence-electron chi connectivity index (χ2n) is 4.18. The number of rotatable bonds is 6. The Labute approximate surface area is 89.6 Å². The lowest BCUT2D eigenvalue weighted by atomic mass is 10.0. The minimum absolute atomic E-state index is 0.0529. The molecule has 0 aromatic heterocycles. The Bertz CT molecular complexity index is 216. The molecular formula is C10H19NO2S. The van der Waals surface area contributed by atoms with Crippen molar-refractivity contribution < 1.29 is 9.90 Å². The van der Waals surface area contributed by atoms with Crippen LogP contribution >= 0.6 is 11.8 Å². The quantitative estimate of drug-likeness (QED) is 0.709. The molecule has 0 radical (unpaired) electrons. The van der Waals surface area contributed by atoms with Gasteiger partial charge in [-0.25, -0.2) is 0 Å². The van der Waals surface area contributed by atoms with Gasteiger partial charge in [-0.3, -0.25) is 4.79 Å². The first-order valence-electron chi connectivity index (χ1n) is 5.02. The molecule has 0 bridgehead atoms. The van der Waals surface area contributed by atoms with Crippen LogP contribution < -0.4 is 5.32 Å². The highest BCUT2D eigenvalue weighted by Gasteiger charge is 2.41. The zero-order valence-corrected chi connectivity index (χ0v) is 9.86. The smallest absolute Gasteiger partial charge is 0.307 e. The van der Waals surface area contributed by atoms with Crippen molar-refractivity contribution in [2.24, 2.45) is 5.92 Å². The van der Waals surface area contributed by atoms with E-state index in [4.69, 9.17) is 5.11 Å². The summed E-state index contributed by atoms with van der Waals surface area (Å²) in [7, 11) is 0. The number of carboxylic acid groups (broad SMARTS) is 1. The predicted molar refractivity (Wildman–Crippen MR) is 59.7 cm³/mol. The molecule has 0 aliphatic heterocycles. The number of aliphatic carboxylic acids is 1. The highest BCUT2D eigenvalue weighted by molar-refractivity contribution is 8.00. The van der Waals surface area contributed by atoms with Gasteiger partial charge in [-0.1, -0.05) is 6.92 Å². The van der Waals surface area contributed by atoms with Crippen molar-refractivity contribution in [3.8, 4) is 0 Å². The van der Waals surface area contributed by atoms with Crippen LogP contribution in [-0.2, 0) is 4.79 Å². The van der Waals surface area contributed by atoms with Gasteiger partial charge in [-0.15, -0.1) is 0 Å². The third-order valence-corrected chi connectivity index (χ3v) is 4.55. The van der Waals surface area contributed by atoms with Crippen LogP contribution in [0, 0.1) is 5.92 Å². The van der Waals surface area contributed by atoms with Gasteiger partial charge < -0.3 is 10.4 Å². The van der Waals surface area contributed by atoms with Crippen LogP contribution in [0.3, 0.4) is 0 Å². The van der Waals surface area contributed by atoms with Crippen molar-refractivity contribution >= 4 is 17.7 Å². The van der Waals surface area contributed by atoms with E-state index < -0.39 is 5.97 Å². The van der Waals surface area contributed by atoms with Crippen molar-refractivity contribution in [3.63, 3.8) is 0 Å². The molecule has 1 rings (SSSR count). The largest absolute Gasteiger partial charge is 0.481 e. The number of carboxylic acids is 1. The minimum atomic E-state index is -0.723. The van der Waals surface area contributed by atoms with Gasteiger partial charge in [0, 0.05) is 17.3 Å². The first kappa shape index (κ1) is 11.9. The van der Waals surface area contributed by atoms with E-state index in [-0.39, 0.29) is 12.0 Å². The summed E-state index contributed by atoms with van der Waals surface area (Å²) in [5, 5.41) is 12.1. The molecule has 4 heteroatoms. The third kappa shape index (κ3) is 2.89. The van der Waals surface area contributed by atoms with Gasteiger partial charge >= 0.3 is 5.97 Å². The van der Waals surface area contributed by atoms with Crippen LogP contribution in [0.25, 0.3) is 0 Å². The van der Waals surface area contributed by atoms with Crippen molar-refractivity contribution in [1.82, 2.24) is 5.32 Å². The Morgan fingerprint density at radius 3 is 2.50 bits per heavy atom. The summed E-state index contributed by atoms with van der Waals surface area (Å²) < 4.78 is 0.409. The van der Waals surface area contributed by atoms with Crippen LogP contribution in [0.2, 0.25) is 0 Å². The van der Waals surface area contributed by atoms with E-state index in [1.165, 1.54) is 12.8 Å². The molecule has 2 atom stereocenters. The van der Waals surface area contributed by atoms with Gasteiger partial charge in [0.25, 0.3) is 0 Å². The zero-order valence-electron chi connectivity index (χ0n) is 9.04. The summed E-state index contributed by atoms with van der Waals surface area (Å²) in [4.78, 5) is 10.7. The molecule has 3 nitrogen and oxygen atoms in total.